The van der Waals surface area contributed by atoms with Crippen molar-refractivity contribution in [2.24, 2.45) is 0 Å². The first-order valence-electron chi connectivity index (χ1n) is 11.2. The van der Waals surface area contributed by atoms with Gasteiger partial charge in [0.2, 0.25) is 0 Å². The molecule has 4 rings (SSSR count). The molecule has 1 amide bonds. The first-order chi connectivity index (χ1) is 16.9. The van der Waals surface area contributed by atoms with Crippen LogP contribution in [-0.4, -0.2) is 18.6 Å². The number of aryl methyl sites for hydroxylation is 2. The Hall–Kier alpha value is -4.39. The summed E-state index contributed by atoms with van der Waals surface area (Å²) in [5, 5.41) is 2.94. The first kappa shape index (κ1) is 23.8. The minimum atomic E-state index is -0.729. The van der Waals surface area contributed by atoms with Crippen LogP contribution in [0.3, 0.4) is 0 Å². The Morgan fingerprint density at radius 3 is 2.26 bits per heavy atom. The SMILES string of the molecule is Cc1cc(OC(=O)CNC(=O)OCc2ccccc2)c2c(C)c(Cc3ccccc3)c(=O)oc2c1. The van der Waals surface area contributed by atoms with Crippen LogP contribution >= 0.6 is 0 Å². The molecule has 3 aromatic carbocycles. The van der Waals surface area contributed by atoms with Crippen LogP contribution in [0.1, 0.15) is 27.8 Å². The van der Waals surface area contributed by atoms with Crippen LogP contribution in [0, 0.1) is 13.8 Å². The average molecular weight is 472 g/mol. The van der Waals surface area contributed by atoms with Crippen molar-refractivity contribution >= 4 is 23.0 Å². The molecule has 0 fully saturated rings. The Morgan fingerprint density at radius 1 is 0.914 bits per heavy atom. The number of rotatable bonds is 7. The third-order valence-electron chi connectivity index (χ3n) is 5.52. The van der Waals surface area contributed by atoms with Gasteiger partial charge in [0, 0.05) is 12.0 Å². The number of amides is 1. The summed E-state index contributed by atoms with van der Waals surface area (Å²) in [7, 11) is 0. The maximum atomic E-state index is 12.7. The predicted octanol–water partition coefficient (Wildman–Crippen LogP) is 4.83. The zero-order valence-electron chi connectivity index (χ0n) is 19.5. The molecule has 178 valence electrons. The molecule has 0 spiro atoms. The highest BCUT2D eigenvalue weighted by Crippen LogP contribution is 2.31. The van der Waals surface area contributed by atoms with Crippen molar-refractivity contribution in [3.05, 3.63) is 111 Å². The Labute approximate surface area is 202 Å². The number of nitrogens with one attached hydrogen (secondary N) is 1. The smallest absolute Gasteiger partial charge is 0.407 e. The van der Waals surface area contributed by atoms with Gasteiger partial charge in [0.25, 0.3) is 0 Å². The third kappa shape index (κ3) is 5.95. The van der Waals surface area contributed by atoms with Crippen LogP contribution < -0.4 is 15.7 Å². The number of esters is 1. The first-order valence-corrected chi connectivity index (χ1v) is 11.2. The molecule has 1 N–H and O–H groups in total. The number of hydrogen-bond donors (Lipinski definition) is 1. The standard InChI is InChI=1S/C28H25NO6/c1-18-13-23(34-25(30)16-29-28(32)33-17-21-11-7-4-8-12-21)26-19(2)22(27(31)35-24(26)14-18)15-20-9-5-3-6-10-20/h3-14H,15-17H2,1-2H3,(H,29,32). The summed E-state index contributed by atoms with van der Waals surface area (Å²) in [6, 6.07) is 22.2. The Bertz CT molecular complexity index is 1410. The lowest BCUT2D eigenvalue weighted by atomic mass is 9.98. The van der Waals surface area contributed by atoms with E-state index in [0.717, 1.165) is 16.7 Å². The summed E-state index contributed by atoms with van der Waals surface area (Å²) in [6.07, 6.45) is -0.340. The fourth-order valence-corrected chi connectivity index (χ4v) is 3.80. The molecule has 0 aliphatic rings. The number of carbonyl (C=O) groups excluding carboxylic acids is 2. The van der Waals surface area contributed by atoms with Crippen molar-refractivity contribution in [2.45, 2.75) is 26.9 Å². The van der Waals surface area contributed by atoms with Gasteiger partial charge in [-0.2, -0.15) is 0 Å². The zero-order chi connectivity index (χ0) is 24.8. The Balaban J connectivity index is 1.50. The van der Waals surface area contributed by atoms with E-state index < -0.39 is 17.7 Å². The molecule has 0 bridgehead atoms. The Kier molecular flexibility index (Phi) is 7.26. The maximum absolute atomic E-state index is 12.7. The molecule has 0 aliphatic heterocycles. The molecule has 0 aliphatic carbocycles. The molecule has 7 heteroatoms. The molecule has 0 atom stereocenters. The molecular weight excluding hydrogens is 446 g/mol. The summed E-state index contributed by atoms with van der Waals surface area (Å²) in [4.78, 5) is 37.2. The fourth-order valence-electron chi connectivity index (χ4n) is 3.80. The molecule has 7 nitrogen and oxygen atoms in total. The topological polar surface area (TPSA) is 94.8 Å². The average Bonchev–Trinajstić information content (AvgIpc) is 2.85. The van der Waals surface area contributed by atoms with Crippen molar-refractivity contribution in [3.63, 3.8) is 0 Å². The fraction of sp³-hybridized carbons (Fsp3) is 0.179. The summed E-state index contributed by atoms with van der Waals surface area (Å²) in [5.41, 5.74) is 3.64. The van der Waals surface area contributed by atoms with Gasteiger partial charge in [0.1, 0.15) is 24.5 Å². The Morgan fingerprint density at radius 2 is 1.57 bits per heavy atom. The quantitative estimate of drug-likeness (QED) is 0.236. The summed E-state index contributed by atoms with van der Waals surface area (Å²) < 4.78 is 16.3. The van der Waals surface area contributed by atoms with Crippen molar-refractivity contribution in [2.75, 3.05) is 6.54 Å². The largest absolute Gasteiger partial charge is 0.445 e. The van der Waals surface area contributed by atoms with Crippen molar-refractivity contribution < 1.29 is 23.5 Å². The lowest BCUT2D eigenvalue weighted by Crippen LogP contribution is -2.32. The number of carbonyl (C=O) groups is 2. The van der Waals surface area contributed by atoms with Crippen LogP contribution in [-0.2, 0) is 22.6 Å². The summed E-state index contributed by atoms with van der Waals surface area (Å²) in [5.74, 6) is -0.413. The lowest BCUT2D eigenvalue weighted by molar-refractivity contribution is -0.133. The van der Waals surface area contributed by atoms with E-state index in [2.05, 4.69) is 5.32 Å². The van der Waals surface area contributed by atoms with Gasteiger partial charge in [-0.05, 0) is 48.2 Å². The highest BCUT2D eigenvalue weighted by Gasteiger charge is 2.18. The minimum Gasteiger partial charge on any atom is -0.445 e. The van der Waals surface area contributed by atoms with Gasteiger partial charge in [-0.25, -0.2) is 14.4 Å². The summed E-state index contributed by atoms with van der Waals surface area (Å²) in [6.45, 7) is 3.33. The number of ether oxygens (including phenoxy) is 2. The molecule has 0 unspecified atom stereocenters. The van der Waals surface area contributed by atoms with E-state index in [1.165, 1.54) is 0 Å². The van der Waals surface area contributed by atoms with Gasteiger partial charge in [0.15, 0.2) is 0 Å². The predicted molar refractivity (Wildman–Crippen MR) is 131 cm³/mol. The second-order valence-corrected chi connectivity index (χ2v) is 8.18. The van der Waals surface area contributed by atoms with Gasteiger partial charge in [0.05, 0.1) is 5.39 Å². The molecule has 0 saturated heterocycles. The highest BCUT2D eigenvalue weighted by atomic mass is 16.6. The van der Waals surface area contributed by atoms with Gasteiger partial charge < -0.3 is 19.2 Å². The lowest BCUT2D eigenvalue weighted by Gasteiger charge is -2.13. The molecule has 0 saturated carbocycles. The van der Waals surface area contributed by atoms with Gasteiger partial charge >= 0.3 is 17.7 Å². The molecule has 35 heavy (non-hydrogen) atoms. The molecule has 0 radical (unpaired) electrons. The van der Waals surface area contributed by atoms with Crippen molar-refractivity contribution in [1.29, 1.82) is 0 Å². The van der Waals surface area contributed by atoms with Gasteiger partial charge in [-0.15, -0.1) is 0 Å². The van der Waals surface area contributed by atoms with E-state index in [-0.39, 0.29) is 18.9 Å². The van der Waals surface area contributed by atoms with Crippen molar-refractivity contribution in [1.82, 2.24) is 5.32 Å². The number of alkyl carbamates (subject to hydrolysis) is 1. The van der Waals surface area contributed by atoms with Crippen LogP contribution in [0.15, 0.2) is 82.0 Å². The maximum Gasteiger partial charge on any atom is 0.407 e. The third-order valence-corrected chi connectivity index (χ3v) is 5.52. The zero-order valence-corrected chi connectivity index (χ0v) is 19.5. The normalized spacial score (nSPS) is 10.7. The van der Waals surface area contributed by atoms with E-state index in [1.807, 2.05) is 74.5 Å². The van der Waals surface area contributed by atoms with Gasteiger partial charge in [-0.3, -0.25) is 0 Å². The van der Waals surface area contributed by atoms with E-state index in [4.69, 9.17) is 13.9 Å². The van der Waals surface area contributed by atoms with E-state index >= 15 is 0 Å². The second-order valence-electron chi connectivity index (χ2n) is 8.18. The number of benzene rings is 3. The number of fused-ring (bicyclic) bond motifs is 1. The molecule has 1 heterocycles. The van der Waals surface area contributed by atoms with E-state index in [0.29, 0.717) is 28.5 Å². The van der Waals surface area contributed by atoms with Gasteiger partial charge in [-0.1, -0.05) is 60.7 Å². The second kappa shape index (κ2) is 10.7. The molecule has 1 aromatic heterocycles. The molecular formula is C28H25NO6. The highest BCUT2D eigenvalue weighted by molar-refractivity contribution is 5.91. The van der Waals surface area contributed by atoms with Crippen LogP contribution in [0.5, 0.6) is 5.75 Å². The van der Waals surface area contributed by atoms with Crippen LogP contribution in [0.25, 0.3) is 11.0 Å². The van der Waals surface area contributed by atoms with Crippen molar-refractivity contribution in [3.8, 4) is 5.75 Å². The monoisotopic (exact) mass is 471 g/mol. The van der Waals surface area contributed by atoms with E-state index in [9.17, 15) is 14.4 Å². The van der Waals surface area contributed by atoms with Crippen LogP contribution in [0.4, 0.5) is 4.79 Å². The minimum absolute atomic E-state index is 0.0899. The molecule has 4 aromatic rings. The summed E-state index contributed by atoms with van der Waals surface area (Å²) >= 11 is 0. The number of hydrogen-bond acceptors (Lipinski definition) is 6. The van der Waals surface area contributed by atoms with Crippen LogP contribution in [0.2, 0.25) is 0 Å². The van der Waals surface area contributed by atoms with E-state index in [1.54, 1.807) is 12.1 Å².